The molecule has 0 spiro atoms. The quantitative estimate of drug-likeness (QED) is 0.489. The average molecular weight is 414 g/mol. The second-order valence-electron chi connectivity index (χ2n) is 7.90. The molecule has 156 valence electrons. The first-order valence-corrected chi connectivity index (χ1v) is 9.40. The maximum atomic E-state index is 12.2. The molecule has 0 heterocycles. The molecule has 1 aromatic carbocycles. The van der Waals surface area contributed by atoms with E-state index in [0.29, 0.717) is 5.02 Å². The van der Waals surface area contributed by atoms with Crippen LogP contribution in [0, 0.1) is 11.3 Å². The highest BCUT2D eigenvalue weighted by Gasteiger charge is 2.30. The van der Waals surface area contributed by atoms with Crippen LogP contribution in [0.5, 0.6) is 0 Å². The van der Waals surface area contributed by atoms with Crippen LogP contribution >= 0.6 is 11.6 Å². The van der Waals surface area contributed by atoms with E-state index < -0.39 is 35.7 Å². The molecule has 0 saturated heterocycles. The zero-order chi connectivity index (χ0) is 21.5. The minimum absolute atomic E-state index is 0.0464. The van der Waals surface area contributed by atoms with Crippen LogP contribution in [0.3, 0.4) is 0 Å². The molecule has 0 aromatic heterocycles. The number of rotatable bonds is 8. The Morgan fingerprint density at radius 3 is 2.14 bits per heavy atom. The number of benzene rings is 1. The van der Waals surface area contributed by atoms with Gasteiger partial charge in [0.2, 0.25) is 0 Å². The number of carbonyl (C=O) groups is 3. The number of aliphatic carboxylic acids is 1. The summed E-state index contributed by atoms with van der Waals surface area (Å²) in [6.45, 7) is 8.68. The van der Waals surface area contributed by atoms with Crippen molar-refractivity contribution in [3.8, 4) is 0 Å². The standard InChI is InChI=1S/C20H28ClNO6/c1-12(2)17(27-18(25)20(3,4)5)28-19(26)22-11-14(10-16(23)24)13-6-8-15(21)9-7-13/h6-9,12,14,17H,10-11H2,1-5H3,(H,22,26)(H,23,24)/t14-,17?/m0/s1. The summed E-state index contributed by atoms with van der Waals surface area (Å²) in [6, 6.07) is 6.74. The first-order valence-electron chi connectivity index (χ1n) is 9.03. The summed E-state index contributed by atoms with van der Waals surface area (Å²) in [4.78, 5) is 35.4. The second kappa shape index (κ2) is 10.3. The van der Waals surface area contributed by atoms with E-state index in [2.05, 4.69) is 5.32 Å². The number of carboxylic acid groups (broad SMARTS) is 1. The Morgan fingerprint density at radius 2 is 1.68 bits per heavy atom. The van der Waals surface area contributed by atoms with Crippen molar-refractivity contribution < 1.29 is 29.0 Å². The zero-order valence-electron chi connectivity index (χ0n) is 16.8. The van der Waals surface area contributed by atoms with Crippen LogP contribution in [-0.4, -0.2) is 36.0 Å². The van der Waals surface area contributed by atoms with Gasteiger partial charge in [0.1, 0.15) is 0 Å². The van der Waals surface area contributed by atoms with Gasteiger partial charge in [-0.1, -0.05) is 37.6 Å². The first kappa shape index (κ1) is 23.8. The number of alkyl carbamates (subject to hydrolysis) is 1. The van der Waals surface area contributed by atoms with Crippen LogP contribution in [-0.2, 0) is 19.1 Å². The Balaban J connectivity index is 2.73. The number of carbonyl (C=O) groups excluding carboxylic acids is 2. The molecule has 0 fully saturated rings. The molecule has 1 amide bonds. The van der Waals surface area contributed by atoms with Crippen molar-refractivity contribution in [1.29, 1.82) is 0 Å². The molecule has 0 aliphatic rings. The number of ether oxygens (including phenoxy) is 2. The molecule has 1 unspecified atom stereocenters. The smallest absolute Gasteiger partial charge is 0.410 e. The minimum Gasteiger partial charge on any atom is -0.481 e. The van der Waals surface area contributed by atoms with Gasteiger partial charge in [-0.2, -0.15) is 0 Å². The molecule has 0 aliphatic carbocycles. The van der Waals surface area contributed by atoms with Crippen molar-refractivity contribution in [2.45, 2.75) is 53.2 Å². The fourth-order valence-corrected chi connectivity index (χ4v) is 2.31. The number of hydrogen-bond acceptors (Lipinski definition) is 5. The van der Waals surface area contributed by atoms with E-state index in [1.165, 1.54) is 0 Å². The fraction of sp³-hybridized carbons (Fsp3) is 0.550. The van der Waals surface area contributed by atoms with Crippen LogP contribution < -0.4 is 5.32 Å². The van der Waals surface area contributed by atoms with Crippen molar-refractivity contribution in [1.82, 2.24) is 5.32 Å². The molecule has 1 rings (SSSR count). The highest BCUT2D eigenvalue weighted by Crippen LogP contribution is 2.22. The molecule has 7 nitrogen and oxygen atoms in total. The highest BCUT2D eigenvalue weighted by atomic mass is 35.5. The monoisotopic (exact) mass is 413 g/mol. The molecule has 8 heteroatoms. The third kappa shape index (κ3) is 8.17. The van der Waals surface area contributed by atoms with Crippen LogP contribution in [0.15, 0.2) is 24.3 Å². The Hall–Kier alpha value is -2.28. The van der Waals surface area contributed by atoms with E-state index in [1.54, 1.807) is 58.9 Å². The molecular weight excluding hydrogens is 386 g/mol. The van der Waals surface area contributed by atoms with E-state index in [9.17, 15) is 14.4 Å². The van der Waals surface area contributed by atoms with Crippen LogP contribution in [0.4, 0.5) is 4.79 Å². The van der Waals surface area contributed by atoms with E-state index in [-0.39, 0.29) is 18.9 Å². The molecule has 2 N–H and O–H groups in total. The topological polar surface area (TPSA) is 102 Å². The van der Waals surface area contributed by atoms with Gasteiger partial charge in [0.25, 0.3) is 6.29 Å². The Morgan fingerprint density at radius 1 is 1.11 bits per heavy atom. The third-order valence-electron chi connectivity index (χ3n) is 3.86. The van der Waals surface area contributed by atoms with Crippen molar-refractivity contribution in [2.24, 2.45) is 11.3 Å². The Kier molecular flexibility index (Phi) is 8.75. The van der Waals surface area contributed by atoms with Crippen LogP contribution in [0.1, 0.15) is 52.5 Å². The summed E-state index contributed by atoms with van der Waals surface area (Å²) in [7, 11) is 0. The van der Waals surface area contributed by atoms with Crippen molar-refractivity contribution in [2.75, 3.05) is 6.54 Å². The second-order valence-corrected chi connectivity index (χ2v) is 8.34. The van der Waals surface area contributed by atoms with Crippen LogP contribution in [0.2, 0.25) is 5.02 Å². The third-order valence-corrected chi connectivity index (χ3v) is 4.11. The normalized spacial score (nSPS) is 13.5. The summed E-state index contributed by atoms with van der Waals surface area (Å²) in [5.41, 5.74) is 0.000365. The lowest BCUT2D eigenvalue weighted by molar-refractivity contribution is -0.184. The average Bonchev–Trinajstić information content (AvgIpc) is 2.57. The summed E-state index contributed by atoms with van der Waals surface area (Å²) in [5.74, 6) is -2.18. The van der Waals surface area contributed by atoms with Gasteiger partial charge in [-0.15, -0.1) is 0 Å². The van der Waals surface area contributed by atoms with E-state index in [0.717, 1.165) is 5.56 Å². The van der Waals surface area contributed by atoms with Crippen molar-refractivity contribution in [3.05, 3.63) is 34.9 Å². The van der Waals surface area contributed by atoms with Crippen LogP contribution in [0.25, 0.3) is 0 Å². The summed E-state index contributed by atoms with van der Waals surface area (Å²) >= 11 is 5.86. The molecule has 1 aromatic rings. The first-order chi connectivity index (χ1) is 12.9. The molecule has 28 heavy (non-hydrogen) atoms. The van der Waals surface area contributed by atoms with Gasteiger partial charge in [0.05, 0.1) is 11.8 Å². The molecule has 2 atom stereocenters. The number of nitrogens with one attached hydrogen (secondary N) is 1. The van der Waals surface area contributed by atoms with Gasteiger partial charge in [-0.25, -0.2) is 4.79 Å². The Labute approximate surface area is 170 Å². The largest absolute Gasteiger partial charge is 0.481 e. The summed E-state index contributed by atoms with van der Waals surface area (Å²) in [6.07, 6.45) is -2.00. The number of halogens is 1. The minimum atomic E-state index is -1.04. The molecular formula is C20H28ClNO6. The zero-order valence-corrected chi connectivity index (χ0v) is 17.6. The van der Waals surface area contributed by atoms with Gasteiger partial charge in [0, 0.05) is 23.4 Å². The fourth-order valence-electron chi connectivity index (χ4n) is 2.19. The lowest BCUT2D eigenvalue weighted by Gasteiger charge is -2.26. The number of carboxylic acids is 1. The maximum absolute atomic E-state index is 12.2. The number of esters is 1. The molecule has 0 radical (unpaired) electrons. The number of hydrogen-bond donors (Lipinski definition) is 2. The van der Waals surface area contributed by atoms with Crippen molar-refractivity contribution in [3.63, 3.8) is 0 Å². The Bertz CT molecular complexity index is 681. The molecule has 0 bridgehead atoms. The SMILES string of the molecule is CC(C)C(OC(=O)NC[C@H](CC(=O)O)c1ccc(Cl)cc1)OC(=O)C(C)(C)C. The highest BCUT2D eigenvalue weighted by molar-refractivity contribution is 6.30. The van der Waals surface area contributed by atoms with Gasteiger partial charge < -0.3 is 19.9 Å². The summed E-state index contributed by atoms with van der Waals surface area (Å²) < 4.78 is 10.5. The predicted octanol–water partition coefficient (Wildman–Crippen LogP) is 4.20. The summed E-state index contributed by atoms with van der Waals surface area (Å²) in [5, 5.41) is 12.2. The predicted molar refractivity (Wildman–Crippen MR) is 105 cm³/mol. The van der Waals surface area contributed by atoms with E-state index >= 15 is 0 Å². The van der Waals surface area contributed by atoms with E-state index in [4.69, 9.17) is 26.2 Å². The maximum Gasteiger partial charge on any atom is 0.410 e. The lowest BCUT2D eigenvalue weighted by atomic mass is 9.96. The van der Waals surface area contributed by atoms with Gasteiger partial charge >= 0.3 is 18.0 Å². The van der Waals surface area contributed by atoms with Gasteiger partial charge in [0.15, 0.2) is 0 Å². The lowest BCUT2D eigenvalue weighted by Crippen LogP contribution is -2.38. The van der Waals surface area contributed by atoms with Gasteiger partial charge in [-0.3, -0.25) is 9.59 Å². The molecule has 0 saturated carbocycles. The van der Waals surface area contributed by atoms with Gasteiger partial charge in [-0.05, 0) is 38.5 Å². The molecule has 0 aliphatic heterocycles. The number of amides is 1. The van der Waals surface area contributed by atoms with Crippen molar-refractivity contribution >= 4 is 29.6 Å². The van der Waals surface area contributed by atoms with E-state index in [1.807, 2.05) is 0 Å².